The minimum atomic E-state index is -1.00. The van der Waals surface area contributed by atoms with Gasteiger partial charge in [0.1, 0.15) is 12.1 Å². The molecule has 362 valence electrons. The van der Waals surface area contributed by atoms with Gasteiger partial charge in [-0.15, -0.1) is 0 Å². The lowest BCUT2D eigenvalue weighted by Gasteiger charge is -2.25. The molecule has 1 fully saturated rings. The van der Waals surface area contributed by atoms with Gasteiger partial charge < -0.3 is 51.8 Å². The van der Waals surface area contributed by atoms with Crippen LogP contribution in [0.15, 0.2) is 40.9 Å². The second kappa shape index (κ2) is 33.7. The average molecular weight is 965 g/mol. The van der Waals surface area contributed by atoms with Crippen molar-refractivity contribution in [2.45, 2.75) is 125 Å². The van der Waals surface area contributed by atoms with Crippen molar-refractivity contribution < 1.29 is 43.3 Å². The van der Waals surface area contributed by atoms with Gasteiger partial charge in [-0.25, -0.2) is 0 Å². The lowest BCUT2D eigenvalue weighted by Crippen LogP contribution is -2.52. The first kappa shape index (κ1) is 59.3. The van der Waals surface area contributed by atoms with Crippen LogP contribution in [-0.4, -0.2) is 118 Å². The van der Waals surface area contributed by atoms with Gasteiger partial charge in [-0.2, -0.15) is 0 Å². The lowest BCUT2D eigenvalue weighted by atomic mass is 9.91. The highest BCUT2D eigenvalue weighted by Gasteiger charge is 2.23. The quantitative estimate of drug-likeness (QED) is 0.0626. The maximum absolute atomic E-state index is 12.8. The molecule has 64 heavy (non-hydrogen) atoms. The number of amides is 5. The first-order valence-electron chi connectivity index (χ1n) is 22.2. The maximum Gasteiger partial charge on any atom is 0.251 e. The molecular formula is C47H78BrN7O9. The minimum absolute atomic E-state index is 0.125. The van der Waals surface area contributed by atoms with Gasteiger partial charge in [0, 0.05) is 34.8 Å². The number of methoxy groups -OCH3 is 2. The van der Waals surface area contributed by atoms with E-state index in [0.29, 0.717) is 29.0 Å². The molecule has 0 bridgehead atoms. The van der Waals surface area contributed by atoms with Crippen LogP contribution < -0.4 is 41.8 Å². The van der Waals surface area contributed by atoms with E-state index < -0.39 is 48.2 Å². The van der Waals surface area contributed by atoms with Crippen LogP contribution in [-0.2, 0) is 24.0 Å². The maximum atomic E-state index is 12.8. The minimum Gasteiger partial charge on any atom is -0.493 e. The number of carbonyl (C=O) groups excluding carboxylic acids is 6. The Hall–Kier alpha value is -4.74. The first-order chi connectivity index (χ1) is 30.3. The Morgan fingerprint density at radius 1 is 0.797 bits per heavy atom. The van der Waals surface area contributed by atoms with Crippen molar-refractivity contribution in [3.05, 3.63) is 52.0 Å². The van der Waals surface area contributed by atoms with E-state index in [1.165, 1.54) is 50.7 Å². The number of anilines is 1. The van der Waals surface area contributed by atoms with Gasteiger partial charge in [0.15, 0.2) is 17.3 Å². The highest BCUT2D eigenvalue weighted by Crippen LogP contribution is 2.27. The molecule has 1 saturated carbocycles. The molecule has 1 aliphatic rings. The monoisotopic (exact) mass is 964 g/mol. The number of carbonyl (C=O) groups is 6. The van der Waals surface area contributed by atoms with Crippen molar-refractivity contribution in [1.29, 1.82) is 0 Å². The van der Waals surface area contributed by atoms with Crippen LogP contribution in [0.25, 0.3) is 0 Å². The topological polar surface area (TPSA) is 231 Å². The number of aryl methyl sites for hydroxylation is 1. The number of unbranched alkanes of at least 4 members (excludes halogenated alkanes) is 1. The summed E-state index contributed by atoms with van der Waals surface area (Å²) in [7, 11) is 4.27. The lowest BCUT2D eigenvalue weighted by molar-refractivity contribution is -0.132. The fourth-order valence-corrected chi connectivity index (χ4v) is 6.58. The molecule has 1 aliphatic carbocycles. The number of rotatable bonds is 21. The zero-order chi connectivity index (χ0) is 48.8. The highest BCUT2D eigenvalue weighted by atomic mass is 79.9. The average Bonchev–Trinajstić information content (AvgIpc) is 3.27. The third-order valence-electron chi connectivity index (χ3n) is 10.4. The van der Waals surface area contributed by atoms with E-state index in [1.807, 2.05) is 25.1 Å². The summed E-state index contributed by atoms with van der Waals surface area (Å²) in [5.41, 5.74) is 7.59. The third kappa shape index (κ3) is 24.9. The van der Waals surface area contributed by atoms with Gasteiger partial charge in [-0.05, 0) is 118 Å². The van der Waals surface area contributed by atoms with E-state index in [-0.39, 0.29) is 30.4 Å². The van der Waals surface area contributed by atoms with Gasteiger partial charge in [0.2, 0.25) is 23.6 Å². The zero-order valence-electron chi connectivity index (χ0n) is 40.2. The van der Waals surface area contributed by atoms with E-state index >= 15 is 0 Å². The molecule has 0 saturated heterocycles. The van der Waals surface area contributed by atoms with Crippen molar-refractivity contribution in [3.8, 4) is 11.5 Å². The number of ether oxygens (including phenoxy) is 2. The number of ketones is 1. The second-order valence-electron chi connectivity index (χ2n) is 16.2. The summed E-state index contributed by atoms with van der Waals surface area (Å²) in [5.74, 6) is -0.574. The van der Waals surface area contributed by atoms with E-state index in [1.54, 1.807) is 40.2 Å². The number of hydrogen-bond acceptors (Lipinski definition) is 11. The van der Waals surface area contributed by atoms with Crippen molar-refractivity contribution in [3.63, 3.8) is 0 Å². The van der Waals surface area contributed by atoms with Crippen molar-refractivity contribution in [2.75, 3.05) is 59.8 Å². The Bertz CT molecular complexity index is 1720. The van der Waals surface area contributed by atoms with E-state index in [0.717, 1.165) is 44.0 Å². The molecular weight excluding hydrogens is 886 g/mol. The number of Topliss-reactive ketones (excluding diaryl/α,β-unsaturated/α-hetero) is 1. The summed E-state index contributed by atoms with van der Waals surface area (Å²) >= 11 is 3.24. The molecule has 17 heteroatoms. The van der Waals surface area contributed by atoms with E-state index in [9.17, 15) is 28.8 Å². The first-order valence-corrected chi connectivity index (χ1v) is 23.0. The normalized spacial score (nSPS) is 13.0. The third-order valence-corrected chi connectivity index (χ3v) is 11.1. The van der Waals surface area contributed by atoms with Gasteiger partial charge in [0.25, 0.3) is 5.91 Å². The Balaban J connectivity index is 0.00000160. The van der Waals surface area contributed by atoms with Crippen LogP contribution in [0.2, 0.25) is 0 Å². The Kier molecular flexibility index (Phi) is 31.2. The Morgan fingerprint density at radius 3 is 1.92 bits per heavy atom. The van der Waals surface area contributed by atoms with Gasteiger partial charge in [-0.1, -0.05) is 65.9 Å². The van der Waals surface area contributed by atoms with Crippen LogP contribution >= 0.6 is 15.9 Å². The molecule has 2 aromatic carbocycles. The zero-order valence-corrected chi connectivity index (χ0v) is 41.7. The second-order valence-corrected chi connectivity index (χ2v) is 17.1. The van der Waals surface area contributed by atoms with Crippen LogP contribution in [0, 0.1) is 18.8 Å². The van der Waals surface area contributed by atoms with Crippen LogP contribution in [0.1, 0.15) is 116 Å². The number of halogens is 1. The standard InChI is InChI=1S/C30H48BrN7O6.C9H12O2.C7H14.CH4O/c1-7-38(19(4)5)13-9-8-10-24(30(44)33-15-25(39)18(2)3)37-27(41)17-34-28(42)20(6)36-26(40)16-35-29(43)21-11-12-22(31)23(32)14-21;1-7-4-5-8(10-2)9(6-7)11-3;1-7-5-3-2-4-6-7;1-2/h11-12,14,18-20,24H,7-10,13,15-17,32H2,1-6H3,(H,33,44)(H,34,42)(H,35,43)(H,36,40)(H,37,41);4-6H,1-3H3;7H,2-6H2,1H3;2H,1H3/t20-,24-;;;/m0.../s1. The number of aliphatic hydroxyl groups excluding tert-OH is 1. The molecule has 0 aliphatic heterocycles. The SMILES string of the molecule is CC1CCCCC1.CCN(CCCC[C@H](NC(=O)CNC(=O)[C@H](C)NC(=O)CNC(=O)c1ccc(Br)c(N)c1)C(=O)NCC(=O)C(C)C)C(C)C.CO.COc1ccc(C)cc1OC. The number of nitrogens with two attached hydrogens (primary N) is 1. The fraction of sp³-hybridized carbons (Fsp3) is 0.617. The molecule has 2 aromatic rings. The smallest absolute Gasteiger partial charge is 0.251 e. The van der Waals surface area contributed by atoms with Crippen molar-refractivity contribution in [2.24, 2.45) is 11.8 Å². The Labute approximate surface area is 390 Å². The number of nitrogens with zero attached hydrogens (tertiary/aromatic N) is 1. The van der Waals surface area contributed by atoms with Crippen LogP contribution in [0.4, 0.5) is 5.69 Å². The molecule has 0 heterocycles. The number of benzene rings is 2. The number of aliphatic hydroxyl groups is 1. The predicted molar refractivity (Wildman–Crippen MR) is 257 cm³/mol. The van der Waals surface area contributed by atoms with Crippen molar-refractivity contribution in [1.82, 2.24) is 31.5 Å². The molecule has 0 spiro atoms. The van der Waals surface area contributed by atoms with Gasteiger partial charge >= 0.3 is 0 Å². The molecule has 2 atom stereocenters. The summed E-state index contributed by atoms with van der Waals surface area (Å²) in [6.07, 6.45) is 9.29. The summed E-state index contributed by atoms with van der Waals surface area (Å²) < 4.78 is 10.8. The fourth-order valence-electron chi connectivity index (χ4n) is 6.34. The summed E-state index contributed by atoms with van der Waals surface area (Å²) in [6.45, 7) is 16.4. The number of hydrogen-bond donors (Lipinski definition) is 7. The molecule has 0 radical (unpaired) electrons. The molecule has 16 nitrogen and oxygen atoms in total. The van der Waals surface area contributed by atoms with Crippen LogP contribution in [0.3, 0.4) is 0 Å². The molecule has 0 aromatic heterocycles. The van der Waals surface area contributed by atoms with Crippen LogP contribution in [0.5, 0.6) is 11.5 Å². The van der Waals surface area contributed by atoms with Gasteiger partial charge in [0.05, 0.1) is 33.9 Å². The van der Waals surface area contributed by atoms with Crippen molar-refractivity contribution >= 4 is 56.9 Å². The number of nitrogens with one attached hydrogen (secondary N) is 5. The highest BCUT2D eigenvalue weighted by molar-refractivity contribution is 9.10. The van der Waals surface area contributed by atoms with Gasteiger partial charge in [-0.3, -0.25) is 28.8 Å². The van der Waals surface area contributed by atoms with E-state index in [4.69, 9.17) is 20.3 Å². The molecule has 3 rings (SSSR count). The van der Waals surface area contributed by atoms with E-state index in [2.05, 4.69) is 75.1 Å². The predicted octanol–water partition coefficient (Wildman–Crippen LogP) is 5.32. The number of nitrogen functional groups attached to an aromatic ring is 1. The molecule has 0 unspecified atom stereocenters. The molecule has 8 N–H and O–H groups in total. The summed E-state index contributed by atoms with van der Waals surface area (Å²) in [5, 5.41) is 19.6. The molecule has 5 amide bonds. The largest absolute Gasteiger partial charge is 0.493 e. The summed E-state index contributed by atoms with van der Waals surface area (Å²) in [4.78, 5) is 76.8. The Morgan fingerprint density at radius 2 is 1.39 bits per heavy atom. The summed E-state index contributed by atoms with van der Waals surface area (Å²) in [6, 6.07) is 8.96.